The zero-order chi connectivity index (χ0) is 22.9. The Hall–Kier alpha value is -4.13. The van der Waals surface area contributed by atoms with Gasteiger partial charge in [0, 0.05) is 17.3 Å². The number of rotatable bonds is 7. The van der Waals surface area contributed by atoms with Crippen molar-refractivity contribution in [1.29, 1.82) is 0 Å². The van der Waals surface area contributed by atoms with Crippen LogP contribution >= 0.6 is 0 Å². The fourth-order valence-electron chi connectivity index (χ4n) is 3.05. The van der Waals surface area contributed by atoms with Crippen molar-refractivity contribution in [3.05, 3.63) is 84.4 Å². The first kappa shape index (κ1) is 22.6. The number of urea groups is 1. The van der Waals surface area contributed by atoms with Crippen LogP contribution in [0.1, 0.15) is 24.2 Å². The predicted octanol–water partition coefficient (Wildman–Crippen LogP) is 4.68. The fraction of sp³-hybridized carbons (Fsp3) is 0.160. The topological polar surface area (TPSA) is 96.5 Å². The summed E-state index contributed by atoms with van der Waals surface area (Å²) in [5, 5.41) is 8.10. The maximum atomic E-state index is 12.5. The van der Waals surface area contributed by atoms with Crippen molar-refractivity contribution in [2.24, 2.45) is 0 Å². The fourth-order valence-corrected chi connectivity index (χ4v) is 3.05. The van der Waals surface area contributed by atoms with Crippen LogP contribution in [-0.4, -0.2) is 30.6 Å². The lowest BCUT2D eigenvalue weighted by atomic mass is 10.0. The molecule has 0 saturated heterocycles. The lowest BCUT2D eigenvalue weighted by Gasteiger charge is -2.14. The lowest BCUT2D eigenvalue weighted by molar-refractivity contribution is -0.119. The molecule has 0 atom stereocenters. The van der Waals surface area contributed by atoms with Gasteiger partial charge in [0.25, 0.3) is 5.91 Å². The van der Waals surface area contributed by atoms with Crippen molar-refractivity contribution in [3.63, 3.8) is 0 Å². The number of carbonyl (C=O) groups excluding carboxylic acids is 3. The third-order valence-corrected chi connectivity index (χ3v) is 4.44. The molecule has 32 heavy (non-hydrogen) atoms. The highest BCUT2D eigenvalue weighted by atomic mass is 16.5. The van der Waals surface area contributed by atoms with Crippen LogP contribution in [0.25, 0.3) is 11.1 Å². The molecule has 3 aromatic carbocycles. The maximum absolute atomic E-state index is 12.5. The van der Waals surface area contributed by atoms with Crippen LogP contribution in [-0.2, 0) is 9.53 Å². The van der Waals surface area contributed by atoms with Gasteiger partial charge in [-0.05, 0) is 37.6 Å². The van der Waals surface area contributed by atoms with Crippen LogP contribution in [0.15, 0.2) is 78.9 Å². The van der Waals surface area contributed by atoms with E-state index >= 15 is 0 Å². The van der Waals surface area contributed by atoms with E-state index in [1.54, 1.807) is 24.3 Å². The largest absolute Gasteiger partial charge is 0.452 e. The second-order valence-corrected chi connectivity index (χ2v) is 7.33. The Morgan fingerprint density at radius 1 is 0.781 bits per heavy atom. The van der Waals surface area contributed by atoms with E-state index < -0.39 is 24.5 Å². The van der Waals surface area contributed by atoms with E-state index in [0.717, 1.165) is 11.1 Å². The summed E-state index contributed by atoms with van der Waals surface area (Å²) in [6.45, 7) is 3.19. The molecule has 0 aliphatic carbocycles. The second-order valence-electron chi connectivity index (χ2n) is 7.33. The van der Waals surface area contributed by atoms with Crippen molar-refractivity contribution in [3.8, 4) is 11.1 Å². The van der Waals surface area contributed by atoms with Crippen LogP contribution in [0.2, 0.25) is 0 Å². The summed E-state index contributed by atoms with van der Waals surface area (Å²) >= 11 is 0. The minimum absolute atomic E-state index is 0.0587. The molecule has 0 spiro atoms. The monoisotopic (exact) mass is 431 g/mol. The van der Waals surface area contributed by atoms with Crippen molar-refractivity contribution >= 4 is 29.3 Å². The number of ether oxygens (including phenoxy) is 1. The minimum atomic E-state index is -0.711. The Kier molecular flexibility index (Phi) is 7.59. The van der Waals surface area contributed by atoms with Crippen LogP contribution < -0.4 is 16.0 Å². The van der Waals surface area contributed by atoms with E-state index in [1.807, 2.05) is 62.4 Å². The molecule has 0 aromatic heterocycles. The van der Waals surface area contributed by atoms with Gasteiger partial charge in [-0.2, -0.15) is 0 Å². The number of benzene rings is 3. The zero-order valence-electron chi connectivity index (χ0n) is 17.9. The summed E-state index contributed by atoms with van der Waals surface area (Å²) < 4.78 is 5.19. The second kappa shape index (κ2) is 10.8. The van der Waals surface area contributed by atoms with E-state index in [2.05, 4.69) is 16.0 Å². The first-order valence-electron chi connectivity index (χ1n) is 10.2. The van der Waals surface area contributed by atoms with E-state index in [4.69, 9.17) is 4.74 Å². The molecule has 7 nitrogen and oxygen atoms in total. The Morgan fingerprint density at radius 2 is 1.41 bits per heavy atom. The highest BCUT2D eigenvalue weighted by molar-refractivity contribution is 6.02. The normalized spacial score (nSPS) is 10.3. The summed E-state index contributed by atoms with van der Waals surface area (Å²) in [4.78, 5) is 37.0. The SMILES string of the molecule is CC(C)NC(=O)Nc1ccccc1C(=O)OCC(=O)Nc1ccccc1-c1ccccc1. The predicted molar refractivity (Wildman–Crippen MR) is 125 cm³/mol. The molecule has 0 aliphatic heterocycles. The highest BCUT2D eigenvalue weighted by Crippen LogP contribution is 2.27. The van der Waals surface area contributed by atoms with Crippen molar-refractivity contribution in [2.75, 3.05) is 17.2 Å². The molecule has 0 fully saturated rings. The summed E-state index contributed by atoms with van der Waals surface area (Å²) in [5.41, 5.74) is 2.89. The average molecular weight is 431 g/mol. The van der Waals surface area contributed by atoms with Gasteiger partial charge in [0.2, 0.25) is 0 Å². The first-order valence-corrected chi connectivity index (χ1v) is 10.2. The van der Waals surface area contributed by atoms with Crippen LogP contribution in [0.3, 0.4) is 0 Å². The Balaban J connectivity index is 1.63. The molecule has 0 bridgehead atoms. The molecule has 3 N–H and O–H groups in total. The maximum Gasteiger partial charge on any atom is 0.340 e. The van der Waals surface area contributed by atoms with Gasteiger partial charge in [0.15, 0.2) is 6.61 Å². The Bertz CT molecular complexity index is 1100. The first-order chi connectivity index (χ1) is 15.4. The van der Waals surface area contributed by atoms with E-state index in [-0.39, 0.29) is 11.6 Å². The molecule has 0 heterocycles. The Labute approximate surface area is 186 Å². The third kappa shape index (κ3) is 6.18. The molecule has 0 aliphatic rings. The third-order valence-electron chi connectivity index (χ3n) is 4.44. The van der Waals surface area contributed by atoms with Gasteiger partial charge in [-0.15, -0.1) is 0 Å². The number of hydrogen-bond donors (Lipinski definition) is 3. The van der Waals surface area contributed by atoms with Gasteiger partial charge in [0.1, 0.15) is 0 Å². The molecular weight excluding hydrogens is 406 g/mol. The summed E-state index contributed by atoms with van der Waals surface area (Å²) in [6.07, 6.45) is 0. The van der Waals surface area contributed by atoms with Gasteiger partial charge in [-0.25, -0.2) is 9.59 Å². The van der Waals surface area contributed by atoms with Crippen molar-refractivity contribution in [2.45, 2.75) is 19.9 Å². The number of carbonyl (C=O) groups is 3. The molecule has 3 amide bonds. The number of esters is 1. The van der Waals surface area contributed by atoms with Crippen LogP contribution in [0.4, 0.5) is 16.2 Å². The molecule has 3 rings (SSSR count). The molecule has 7 heteroatoms. The molecule has 164 valence electrons. The van der Waals surface area contributed by atoms with Gasteiger partial charge >= 0.3 is 12.0 Å². The molecule has 0 radical (unpaired) electrons. The quantitative estimate of drug-likeness (QED) is 0.473. The molecular formula is C25H25N3O4. The van der Waals surface area contributed by atoms with E-state index in [1.165, 1.54) is 6.07 Å². The van der Waals surface area contributed by atoms with Gasteiger partial charge in [-0.3, -0.25) is 4.79 Å². The van der Waals surface area contributed by atoms with Gasteiger partial charge < -0.3 is 20.7 Å². The molecule has 0 saturated carbocycles. The van der Waals surface area contributed by atoms with Gasteiger partial charge in [0.05, 0.1) is 11.3 Å². The van der Waals surface area contributed by atoms with Gasteiger partial charge in [-0.1, -0.05) is 60.7 Å². The lowest BCUT2D eigenvalue weighted by Crippen LogP contribution is -2.34. The van der Waals surface area contributed by atoms with Crippen molar-refractivity contribution in [1.82, 2.24) is 5.32 Å². The summed E-state index contributed by atoms with van der Waals surface area (Å²) in [6, 6.07) is 23.0. The number of hydrogen-bond acceptors (Lipinski definition) is 4. The minimum Gasteiger partial charge on any atom is -0.452 e. The summed E-state index contributed by atoms with van der Waals surface area (Å²) in [7, 11) is 0. The molecule has 0 unspecified atom stereocenters. The standard InChI is InChI=1S/C25H25N3O4/c1-17(2)26-25(31)28-22-15-9-7-13-20(22)24(30)32-16-23(29)27-21-14-8-6-12-19(21)18-10-4-3-5-11-18/h3-15,17H,16H2,1-2H3,(H,27,29)(H2,26,28,31). The average Bonchev–Trinajstić information content (AvgIpc) is 2.78. The summed E-state index contributed by atoms with van der Waals surface area (Å²) in [5.74, 6) is -1.18. The molecule has 3 aromatic rings. The van der Waals surface area contributed by atoms with Crippen LogP contribution in [0, 0.1) is 0 Å². The Morgan fingerprint density at radius 3 is 2.12 bits per heavy atom. The number of para-hydroxylation sites is 2. The smallest absolute Gasteiger partial charge is 0.340 e. The van der Waals surface area contributed by atoms with Crippen LogP contribution in [0.5, 0.6) is 0 Å². The zero-order valence-corrected chi connectivity index (χ0v) is 17.9. The number of amides is 3. The van der Waals surface area contributed by atoms with E-state index in [9.17, 15) is 14.4 Å². The van der Waals surface area contributed by atoms with Crippen molar-refractivity contribution < 1.29 is 19.1 Å². The number of nitrogens with one attached hydrogen (secondary N) is 3. The van der Waals surface area contributed by atoms with E-state index in [0.29, 0.717) is 11.4 Å². The number of anilines is 2. The highest BCUT2D eigenvalue weighted by Gasteiger charge is 2.17.